The second-order valence-corrected chi connectivity index (χ2v) is 20.2. The summed E-state index contributed by atoms with van der Waals surface area (Å²) >= 11 is 0. The molecule has 0 nitrogen and oxygen atoms in total. The van der Waals surface area contributed by atoms with Crippen LogP contribution in [0.4, 0.5) is 0 Å². The summed E-state index contributed by atoms with van der Waals surface area (Å²) in [4.78, 5) is 0. The molecule has 0 aromatic heterocycles. The molecule has 3 aliphatic rings. The maximum Gasteiger partial charge on any atom is 0.0159 e. The third kappa shape index (κ3) is 8.87. The van der Waals surface area contributed by atoms with E-state index in [9.17, 15) is 0 Å². The van der Waals surface area contributed by atoms with Gasteiger partial charge in [-0.3, -0.25) is 0 Å². The van der Waals surface area contributed by atoms with Crippen molar-refractivity contribution in [2.75, 3.05) is 0 Å². The van der Waals surface area contributed by atoms with Gasteiger partial charge in [0.1, 0.15) is 0 Å². The van der Waals surface area contributed by atoms with Crippen LogP contribution in [0.5, 0.6) is 0 Å². The van der Waals surface area contributed by atoms with E-state index in [-0.39, 0.29) is 16.2 Å². The predicted molar refractivity (Wildman–Crippen MR) is 281 cm³/mol. The highest BCUT2D eigenvalue weighted by Crippen LogP contribution is 2.55. The lowest BCUT2D eigenvalue weighted by molar-refractivity contribution is 0.554. The van der Waals surface area contributed by atoms with Crippen molar-refractivity contribution in [2.45, 2.75) is 130 Å². The van der Waals surface area contributed by atoms with Crippen molar-refractivity contribution in [3.05, 3.63) is 220 Å². The standard InChI is InChI=1S/C35H40.C22H20.C7H12/c1-8-12-25(4)33-29(26-14-10-9-13-24(26)3)15-11-16-30(33)35(7)20-19-28-27-18-17-23(2)21-31(27)34(5,6)32(28)22-35;1-15-9-11-18-19-12-10-17(16-7-5-4-6-8-16)14-21(19)22(2,3)20(18)13-15;1-4-6-7(3)5-2/h9-11,13-19,21-22,25H,8,12,20H2,1-7H3;4-14H,1-3H3;5H,2-4,6H2,1H3. The zero-order valence-corrected chi connectivity index (χ0v) is 40.9. The molecule has 2 unspecified atom stereocenters. The highest BCUT2D eigenvalue weighted by molar-refractivity contribution is 5.91. The van der Waals surface area contributed by atoms with Gasteiger partial charge in [-0.1, -0.05) is 238 Å². The van der Waals surface area contributed by atoms with Gasteiger partial charge >= 0.3 is 0 Å². The van der Waals surface area contributed by atoms with Gasteiger partial charge in [-0.05, 0) is 135 Å². The Balaban J connectivity index is 0.000000179. The molecule has 6 aromatic carbocycles. The largest absolute Gasteiger partial charge is 0.0988 e. The molecule has 0 spiro atoms. The first kappa shape index (κ1) is 46.3. The number of hydrogen-bond donors (Lipinski definition) is 0. The molecule has 0 bridgehead atoms. The van der Waals surface area contributed by atoms with Crippen LogP contribution in [0.1, 0.15) is 143 Å². The fourth-order valence-corrected chi connectivity index (χ4v) is 10.8. The van der Waals surface area contributed by atoms with Crippen LogP contribution in [0.2, 0.25) is 0 Å². The third-order valence-electron chi connectivity index (χ3n) is 14.5. The van der Waals surface area contributed by atoms with Crippen LogP contribution in [0, 0.1) is 20.8 Å². The first-order chi connectivity index (χ1) is 30.5. The van der Waals surface area contributed by atoms with E-state index in [0.29, 0.717) is 5.92 Å². The van der Waals surface area contributed by atoms with Crippen molar-refractivity contribution in [3.8, 4) is 33.4 Å². The molecule has 9 rings (SSSR count). The van der Waals surface area contributed by atoms with E-state index >= 15 is 0 Å². The molecule has 0 amide bonds. The summed E-state index contributed by atoms with van der Waals surface area (Å²) in [5.74, 6) is 0.517. The van der Waals surface area contributed by atoms with Crippen molar-refractivity contribution in [1.29, 1.82) is 0 Å². The Morgan fingerprint density at radius 3 is 1.81 bits per heavy atom. The highest BCUT2D eigenvalue weighted by atomic mass is 14.5. The molecular weight excluding hydrogens is 769 g/mol. The smallest absolute Gasteiger partial charge is 0.0159 e. The highest BCUT2D eigenvalue weighted by Gasteiger charge is 2.43. The number of hydrogen-bond acceptors (Lipinski definition) is 0. The van der Waals surface area contributed by atoms with Crippen LogP contribution in [-0.2, 0) is 16.2 Å². The van der Waals surface area contributed by atoms with Gasteiger partial charge < -0.3 is 0 Å². The minimum atomic E-state index is -0.0246. The molecule has 0 heteroatoms. The van der Waals surface area contributed by atoms with Crippen molar-refractivity contribution in [2.24, 2.45) is 0 Å². The topological polar surface area (TPSA) is 0 Å². The molecule has 64 heavy (non-hydrogen) atoms. The van der Waals surface area contributed by atoms with Gasteiger partial charge in [0.2, 0.25) is 0 Å². The second kappa shape index (κ2) is 18.8. The molecule has 6 aromatic rings. The van der Waals surface area contributed by atoms with Crippen molar-refractivity contribution in [1.82, 2.24) is 0 Å². The van der Waals surface area contributed by atoms with Crippen LogP contribution in [0.25, 0.3) is 39.0 Å². The normalized spacial score (nSPS) is 17.4. The summed E-state index contributed by atoms with van der Waals surface area (Å²) in [6.07, 6.45) is 12.7. The van der Waals surface area contributed by atoms with Crippen LogP contribution in [-0.4, -0.2) is 0 Å². The van der Waals surface area contributed by atoms with Gasteiger partial charge in [-0.15, -0.1) is 0 Å². The first-order valence-electron chi connectivity index (χ1n) is 23.9. The zero-order valence-electron chi connectivity index (χ0n) is 40.9. The van der Waals surface area contributed by atoms with Crippen LogP contribution >= 0.6 is 0 Å². The average Bonchev–Trinajstić information content (AvgIpc) is 3.64. The van der Waals surface area contributed by atoms with Crippen LogP contribution in [0.3, 0.4) is 0 Å². The van der Waals surface area contributed by atoms with E-state index in [2.05, 4.69) is 229 Å². The monoisotopic (exact) mass is 841 g/mol. The van der Waals surface area contributed by atoms with Gasteiger partial charge in [0.05, 0.1) is 0 Å². The maximum atomic E-state index is 3.74. The van der Waals surface area contributed by atoms with Gasteiger partial charge in [-0.25, -0.2) is 0 Å². The lowest BCUT2D eigenvalue weighted by atomic mass is 9.67. The Labute approximate surface area is 387 Å². The number of rotatable bonds is 9. The van der Waals surface area contributed by atoms with Crippen molar-refractivity contribution in [3.63, 3.8) is 0 Å². The molecule has 0 fully saturated rings. The molecule has 328 valence electrons. The van der Waals surface area contributed by atoms with E-state index in [4.69, 9.17) is 0 Å². The number of fused-ring (bicyclic) bond motifs is 6. The summed E-state index contributed by atoms with van der Waals surface area (Å²) in [6, 6.07) is 47.3. The fraction of sp³-hybridized carbons (Fsp3) is 0.312. The Morgan fingerprint density at radius 1 is 0.594 bits per heavy atom. The summed E-state index contributed by atoms with van der Waals surface area (Å²) < 4.78 is 0. The van der Waals surface area contributed by atoms with Gasteiger partial charge in [0, 0.05) is 16.2 Å². The molecule has 0 heterocycles. The second-order valence-electron chi connectivity index (χ2n) is 20.2. The lowest BCUT2D eigenvalue weighted by Gasteiger charge is -2.37. The van der Waals surface area contributed by atoms with Gasteiger partial charge in [0.15, 0.2) is 0 Å². The molecule has 0 saturated heterocycles. The van der Waals surface area contributed by atoms with E-state index in [0.717, 1.165) is 18.4 Å². The maximum absolute atomic E-state index is 3.74. The molecule has 3 aliphatic carbocycles. The lowest BCUT2D eigenvalue weighted by Crippen LogP contribution is -2.27. The number of benzene rings is 6. The van der Waals surface area contributed by atoms with Crippen LogP contribution < -0.4 is 0 Å². The molecule has 0 saturated carbocycles. The minimum absolute atomic E-state index is 0.0246. The Kier molecular flexibility index (Phi) is 13.6. The van der Waals surface area contributed by atoms with E-state index in [1.165, 1.54) is 108 Å². The van der Waals surface area contributed by atoms with E-state index in [1.54, 1.807) is 5.56 Å². The molecule has 0 radical (unpaired) electrons. The first-order valence-corrected chi connectivity index (χ1v) is 23.9. The Bertz CT molecular complexity index is 2740. The molecular formula is C64H72. The number of aryl methyl sites for hydroxylation is 3. The zero-order chi connectivity index (χ0) is 46.0. The van der Waals surface area contributed by atoms with Gasteiger partial charge in [0.25, 0.3) is 0 Å². The van der Waals surface area contributed by atoms with E-state index in [1.807, 2.05) is 6.08 Å². The fourth-order valence-electron chi connectivity index (χ4n) is 10.8. The molecule has 2 atom stereocenters. The summed E-state index contributed by atoms with van der Waals surface area (Å²) in [5, 5.41) is 0. The predicted octanol–water partition coefficient (Wildman–Crippen LogP) is 18.3. The minimum Gasteiger partial charge on any atom is -0.0988 e. The molecule has 0 N–H and O–H groups in total. The third-order valence-corrected chi connectivity index (χ3v) is 14.5. The molecule has 0 aliphatic heterocycles. The SMILES string of the molecule is C=CC(=C)CCC.CCCC(C)c1c(-c2ccccc2C)cccc1C1(C)C=C2C(=CC1)c1ccc(C)cc1C2(C)C.Cc1ccc2c(c1)C(C)(C)c1cc(-c3ccccc3)ccc1-2. The average molecular weight is 841 g/mol. The van der Waals surface area contributed by atoms with Crippen molar-refractivity contribution < 1.29 is 0 Å². The Morgan fingerprint density at radius 2 is 1.19 bits per heavy atom. The van der Waals surface area contributed by atoms with Crippen molar-refractivity contribution >= 4 is 5.57 Å². The van der Waals surface area contributed by atoms with Crippen LogP contribution in [0.15, 0.2) is 170 Å². The Hall–Kier alpha value is -5.72. The summed E-state index contributed by atoms with van der Waals surface area (Å²) in [6.45, 7) is 32.8. The number of allylic oxidation sites excluding steroid dienone is 6. The van der Waals surface area contributed by atoms with Gasteiger partial charge in [-0.2, -0.15) is 0 Å². The quantitative estimate of drug-likeness (QED) is 0.127. The summed E-state index contributed by atoms with van der Waals surface area (Å²) in [7, 11) is 0. The van der Waals surface area contributed by atoms with E-state index < -0.39 is 0 Å². The summed E-state index contributed by atoms with van der Waals surface area (Å²) in [5.41, 5.74) is 25.2.